The molecule has 2 atom stereocenters. The number of nitrogens with zero attached hydrogens (tertiary/aromatic N) is 2. The van der Waals surface area contributed by atoms with Gasteiger partial charge in [-0.1, -0.05) is 30.3 Å². The molecule has 0 N–H and O–H groups in total. The van der Waals surface area contributed by atoms with Crippen molar-refractivity contribution in [3.05, 3.63) is 74.7 Å². The molecule has 34 heavy (non-hydrogen) atoms. The third-order valence-electron chi connectivity index (χ3n) is 5.32. The van der Waals surface area contributed by atoms with Gasteiger partial charge in [-0.05, 0) is 46.6 Å². The van der Waals surface area contributed by atoms with E-state index >= 15 is 0 Å². The number of alkyl halides is 6. The zero-order valence-corrected chi connectivity index (χ0v) is 19.6. The van der Waals surface area contributed by atoms with Gasteiger partial charge in [0.05, 0.1) is 33.2 Å². The molecule has 0 aliphatic carbocycles. The molecule has 0 bridgehead atoms. The molecule has 1 aliphatic rings. The smallest absolute Gasteiger partial charge is 0.416 e. The molecule has 4 rings (SSSR count). The minimum absolute atomic E-state index is 0.0362. The van der Waals surface area contributed by atoms with Crippen molar-refractivity contribution in [2.24, 2.45) is 0 Å². The van der Waals surface area contributed by atoms with E-state index in [1.165, 1.54) is 23.2 Å². The monoisotopic (exact) mass is 564 g/mol. The second-order valence-electron chi connectivity index (χ2n) is 7.62. The summed E-state index contributed by atoms with van der Waals surface area (Å²) in [4.78, 5) is 18.3. The molecule has 0 saturated carbocycles. The zero-order valence-electron chi connectivity index (χ0n) is 17.2. The lowest BCUT2D eigenvalue weighted by Crippen LogP contribution is -2.31. The van der Waals surface area contributed by atoms with Crippen molar-refractivity contribution in [1.82, 2.24) is 9.88 Å². The molecule has 1 fully saturated rings. The van der Waals surface area contributed by atoms with E-state index in [1.807, 2.05) is 30.3 Å². The first-order valence-corrected chi connectivity index (χ1v) is 11.4. The summed E-state index contributed by atoms with van der Waals surface area (Å²) in [6, 6.07) is 9.64. The van der Waals surface area contributed by atoms with E-state index in [0.717, 1.165) is 5.56 Å². The Labute approximate surface area is 202 Å². The molecule has 0 unspecified atom stereocenters. The molecule has 180 valence electrons. The van der Waals surface area contributed by atoms with E-state index in [9.17, 15) is 31.1 Å². The number of aromatic nitrogens is 1. The topological polar surface area (TPSA) is 42.4 Å². The van der Waals surface area contributed by atoms with Gasteiger partial charge in [-0.15, -0.1) is 11.3 Å². The fourth-order valence-corrected chi connectivity index (χ4v) is 5.08. The normalized spacial score (nSPS) is 18.9. The van der Waals surface area contributed by atoms with Crippen LogP contribution in [0.1, 0.15) is 35.4 Å². The Bertz CT molecular complexity index is 1180. The molecule has 0 spiro atoms. The van der Waals surface area contributed by atoms with E-state index in [1.54, 1.807) is 0 Å². The Morgan fingerprint density at radius 3 is 2.18 bits per heavy atom. The molecule has 0 radical (unpaired) electrons. The Hall–Kier alpha value is -2.60. The van der Waals surface area contributed by atoms with Crippen molar-refractivity contribution in [2.45, 2.75) is 38.0 Å². The van der Waals surface area contributed by atoms with Crippen LogP contribution in [0.25, 0.3) is 10.6 Å². The lowest BCUT2D eigenvalue weighted by Gasteiger charge is -2.22. The molecule has 1 amide bonds. The van der Waals surface area contributed by atoms with E-state index < -0.39 is 41.7 Å². The van der Waals surface area contributed by atoms with Gasteiger partial charge in [0, 0.05) is 5.56 Å². The van der Waals surface area contributed by atoms with E-state index in [4.69, 9.17) is 4.74 Å². The maximum Gasteiger partial charge on any atom is 0.416 e. The lowest BCUT2D eigenvalue weighted by atomic mass is 9.97. The fourth-order valence-electron chi connectivity index (χ4n) is 3.60. The summed E-state index contributed by atoms with van der Waals surface area (Å²) in [5.41, 5.74) is -1.96. The Kier molecular flexibility index (Phi) is 6.40. The van der Waals surface area contributed by atoms with Crippen LogP contribution in [0.3, 0.4) is 0 Å². The molecule has 1 aliphatic heterocycles. The number of thiazole rings is 1. The first kappa shape index (κ1) is 24.5. The number of benzene rings is 2. The third-order valence-corrected chi connectivity index (χ3v) is 7.20. The van der Waals surface area contributed by atoms with Crippen LogP contribution >= 0.6 is 27.3 Å². The number of carbonyl (C=O) groups excluding carboxylic acids is 1. The second-order valence-corrected chi connectivity index (χ2v) is 9.93. The number of rotatable bonds is 4. The van der Waals surface area contributed by atoms with Crippen LogP contribution < -0.4 is 0 Å². The highest BCUT2D eigenvalue weighted by Crippen LogP contribution is 2.41. The van der Waals surface area contributed by atoms with Crippen LogP contribution in [0, 0.1) is 0 Å². The largest absolute Gasteiger partial charge is 0.439 e. The zero-order chi connectivity index (χ0) is 24.8. The predicted molar refractivity (Wildman–Crippen MR) is 116 cm³/mol. The first-order valence-electron chi connectivity index (χ1n) is 9.82. The van der Waals surface area contributed by atoms with Gasteiger partial charge in [-0.3, -0.25) is 4.90 Å². The number of hydrogen-bond acceptors (Lipinski definition) is 4. The van der Waals surface area contributed by atoms with Gasteiger partial charge < -0.3 is 4.74 Å². The summed E-state index contributed by atoms with van der Waals surface area (Å²) in [6.45, 7) is 1.47. The molecule has 4 nitrogen and oxygen atoms in total. The van der Waals surface area contributed by atoms with Gasteiger partial charge in [0.1, 0.15) is 11.1 Å². The maximum absolute atomic E-state index is 13.2. The minimum Gasteiger partial charge on any atom is -0.439 e. The van der Waals surface area contributed by atoms with Crippen molar-refractivity contribution in [2.75, 3.05) is 0 Å². The van der Waals surface area contributed by atoms with Crippen LogP contribution in [-0.4, -0.2) is 22.0 Å². The molecule has 2 heterocycles. The van der Waals surface area contributed by atoms with Crippen LogP contribution in [0.15, 0.2) is 52.3 Å². The highest BCUT2D eigenvalue weighted by Gasteiger charge is 2.43. The SMILES string of the molecule is C[C@H]1[C@@H](c2cc(C(F)(F)F)cc(C(F)(F)F)c2)OC(=O)N1Cc1nc(-c2ccccc2)sc1Br. The molecule has 1 saturated heterocycles. The summed E-state index contributed by atoms with van der Waals surface area (Å²) in [5.74, 6) is 0. The number of ether oxygens (including phenoxy) is 1. The minimum atomic E-state index is -5.00. The molecular weight excluding hydrogens is 550 g/mol. The summed E-state index contributed by atoms with van der Waals surface area (Å²) < 4.78 is 85.4. The summed E-state index contributed by atoms with van der Waals surface area (Å²) in [6.07, 6.45) is -12.2. The fraction of sp³-hybridized carbons (Fsp3) is 0.273. The summed E-state index contributed by atoms with van der Waals surface area (Å²) in [7, 11) is 0. The molecular formula is C22H15BrF6N2O2S. The predicted octanol–water partition coefficient (Wildman–Crippen LogP) is 7.69. The molecule has 12 heteroatoms. The average Bonchev–Trinajstić information content (AvgIpc) is 3.27. The summed E-state index contributed by atoms with van der Waals surface area (Å²) >= 11 is 4.75. The van der Waals surface area contributed by atoms with Crippen molar-refractivity contribution >= 4 is 33.4 Å². The molecule has 3 aromatic rings. The van der Waals surface area contributed by atoms with Crippen LogP contribution in [0.4, 0.5) is 31.1 Å². The van der Waals surface area contributed by atoms with Gasteiger partial charge in [-0.25, -0.2) is 9.78 Å². The number of amides is 1. The highest BCUT2D eigenvalue weighted by atomic mass is 79.9. The van der Waals surface area contributed by atoms with E-state index in [0.29, 0.717) is 26.6 Å². The quantitative estimate of drug-likeness (QED) is 0.305. The van der Waals surface area contributed by atoms with Gasteiger partial charge >= 0.3 is 18.4 Å². The van der Waals surface area contributed by atoms with Crippen molar-refractivity contribution in [3.63, 3.8) is 0 Å². The highest BCUT2D eigenvalue weighted by molar-refractivity contribution is 9.11. The Morgan fingerprint density at radius 1 is 1.03 bits per heavy atom. The number of cyclic esters (lactones) is 1. The lowest BCUT2D eigenvalue weighted by molar-refractivity contribution is -0.143. The number of carbonyl (C=O) groups is 1. The first-order chi connectivity index (χ1) is 15.8. The van der Waals surface area contributed by atoms with Crippen molar-refractivity contribution < 1.29 is 35.9 Å². The van der Waals surface area contributed by atoms with Gasteiger partial charge in [0.25, 0.3) is 0 Å². The standard InChI is InChI=1S/C22H15BrF6N2O2S/c1-11-17(13-7-14(21(24,25)26)9-15(8-13)22(27,28)29)33-20(32)31(11)10-16-18(23)34-19(30-16)12-5-3-2-4-6-12/h2-9,11,17H,10H2,1H3/t11-,17-/m0/s1. The van der Waals surface area contributed by atoms with Crippen LogP contribution in [0.2, 0.25) is 0 Å². The van der Waals surface area contributed by atoms with Crippen LogP contribution in [0.5, 0.6) is 0 Å². The van der Waals surface area contributed by atoms with Gasteiger partial charge in [0.15, 0.2) is 0 Å². The van der Waals surface area contributed by atoms with Crippen molar-refractivity contribution in [1.29, 1.82) is 0 Å². The maximum atomic E-state index is 13.2. The van der Waals surface area contributed by atoms with E-state index in [-0.39, 0.29) is 18.2 Å². The van der Waals surface area contributed by atoms with Crippen LogP contribution in [-0.2, 0) is 23.6 Å². The second kappa shape index (κ2) is 8.88. The number of halogens is 7. The Morgan fingerprint density at radius 2 is 1.62 bits per heavy atom. The number of hydrogen-bond donors (Lipinski definition) is 0. The third kappa shape index (κ3) is 4.92. The average molecular weight is 565 g/mol. The van der Waals surface area contributed by atoms with Gasteiger partial charge in [-0.2, -0.15) is 26.3 Å². The Balaban J connectivity index is 1.63. The molecule has 2 aromatic carbocycles. The molecule has 1 aromatic heterocycles. The summed E-state index contributed by atoms with van der Waals surface area (Å²) in [5, 5.41) is 0.687. The van der Waals surface area contributed by atoms with Gasteiger partial charge in [0.2, 0.25) is 0 Å². The van der Waals surface area contributed by atoms with Crippen molar-refractivity contribution in [3.8, 4) is 10.6 Å². The van der Waals surface area contributed by atoms with E-state index in [2.05, 4.69) is 20.9 Å².